The summed E-state index contributed by atoms with van der Waals surface area (Å²) in [4.78, 5) is 13.8. The van der Waals surface area contributed by atoms with Crippen molar-refractivity contribution in [2.75, 3.05) is 11.9 Å². The fourth-order valence-electron chi connectivity index (χ4n) is 1.91. The second kappa shape index (κ2) is 6.53. The molecular weight excluding hydrogens is 302 g/mol. The molecule has 2 nitrogen and oxygen atoms in total. The number of hydrogen-bond donors (Lipinski definition) is 0. The molecule has 98 valence electrons. The minimum absolute atomic E-state index is 0.131. The van der Waals surface area contributed by atoms with Crippen molar-refractivity contribution < 1.29 is 4.79 Å². The van der Waals surface area contributed by atoms with Crippen molar-refractivity contribution in [3.05, 3.63) is 64.6 Å². The molecule has 19 heavy (non-hydrogen) atoms. The van der Waals surface area contributed by atoms with Crippen LogP contribution < -0.4 is 4.90 Å². The molecule has 2 rings (SSSR count). The molecule has 3 heteroatoms. The highest BCUT2D eigenvalue weighted by Gasteiger charge is 2.10. The predicted molar refractivity (Wildman–Crippen MR) is 82.3 cm³/mol. The monoisotopic (exact) mass is 317 g/mol. The van der Waals surface area contributed by atoms with Crippen LogP contribution in [0.4, 0.5) is 5.69 Å². The average Bonchev–Trinajstić information content (AvgIpc) is 2.45. The van der Waals surface area contributed by atoms with E-state index in [1.165, 1.54) is 5.56 Å². The highest BCUT2D eigenvalue weighted by atomic mass is 79.9. The van der Waals surface area contributed by atoms with E-state index in [-0.39, 0.29) is 5.91 Å². The van der Waals surface area contributed by atoms with Gasteiger partial charge in [0.1, 0.15) is 0 Å². The smallest absolute Gasteiger partial charge is 0.227 e. The summed E-state index contributed by atoms with van der Waals surface area (Å²) in [5, 5.41) is 0. The Hall–Kier alpha value is -1.61. The van der Waals surface area contributed by atoms with E-state index in [0.717, 1.165) is 16.6 Å². The van der Waals surface area contributed by atoms with Gasteiger partial charge in [-0.2, -0.15) is 0 Å². The number of rotatable bonds is 4. The Balaban J connectivity index is 1.95. The molecule has 0 aliphatic rings. The quantitative estimate of drug-likeness (QED) is 0.833. The van der Waals surface area contributed by atoms with Crippen LogP contribution in [0.2, 0.25) is 0 Å². The van der Waals surface area contributed by atoms with Gasteiger partial charge in [-0.25, -0.2) is 0 Å². The number of carbonyl (C=O) groups is 1. The lowest BCUT2D eigenvalue weighted by atomic mass is 10.1. The summed E-state index contributed by atoms with van der Waals surface area (Å²) in [5.74, 6) is 0.131. The molecule has 0 radical (unpaired) electrons. The minimum Gasteiger partial charge on any atom is -0.315 e. The maximum Gasteiger partial charge on any atom is 0.227 e. The number of hydrogen-bond acceptors (Lipinski definition) is 1. The number of benzene rings is 2. The molecule has 0 aliphatic carbocycles. The van der Waals surface area contributed by atoms with Crippen LogP contribution >= 0.6 is 15.9 Å². The van der Waals surface area contributed by atoms with Gasteiger partial charge in [0, 0.05) is 23.6 Å². The second-order valence-corrected chi connectivity index (χ2v) is 5.33. The standard InChI is InChI=1S/C16H16BrNO/c1-18(15-8-3-2-4-9-15)16(19)11-10-13-6-5-7-14(17)12-13/h2-9,12H,10-11H2,1H3. The molecule has 0 bridgehead atoms. The van der Waals surface area contributed by atoms with Crippen LogP contribution in [-0.4, -0.2) is 13.0 Å². The molecule has 1 amide bonds. The Morgan fingerprint density at radius 3 is 2.53 bits per heavy atom. The van der Waals surface area contributed by atoms with E-state index < -0.39 is 0 Å². The molecule has 2 aromatic carbocycles. The summed E-state index contributed by atoms with van der Waals surface area (Å²) in [6.45, 7) is 0. The molecule has 0 heterocycles. The lowest BCUT2D eigenvalue weighted by Gasteiger charge is -2.17. The second-order valence-electron chi connectivity index (χ2n) is 4.42. The summed E-state index contributed by atoms with van der Waals surface area (Å²) in [6.07, 6.45) is 1.28. The van der Waals surface area contributed by atoms with E-state index in [4.69, 9.17) is 0 Å². The van der Waals surface area contributed by atoms with Crippen molar-refractivity contribution in [1.29, 1.82) is 0 Å². The lowest BCUT2D eigenvalue weighted by molar-refractivity contribution is -0.118. The van der Waals surface area contributed by atoms with Gasteiger partial charge in [0.05, 0.1) is 0 Å². The zero-order chi connectivity index (χ0) is 13.7. The van der Waals surface area contributed by atoms with Crippen molar-refractivity contribution in [3.8, 4) is 0 Å². The Morgan fingerprint density at radius 1 is 1.11 bits per heavy atom. The molecular formula is C16H16BrNO. The maximum absolute atomic E-state index is 12.1. The van der Waals surface area contributed by atoms with Gasteiger partial charge in [-0.1, -0.05) is 46.3 Å². The maximum atomic E-state index is 12.1. The van der Waals surface area contributed by atoms with Crippen LogP contribution in [0.15, 0.2) is 59.1 Å². The lowest BCUT2D eigenvalue weighted by Crippen LogP contribution is -2.26. The van der Waals surface area contributed by atoms with Gasteiger partial charge < -0.3 is 4.90 Å². The largest absolute Gasteiger partial charge is 0.315 e. The third-order valence-electron chi connectivity index (χ3n) is 3.03. The molecule has 2 aromatic rings. The summed E-state index contributed by atoms with van der Waals surface area (Å²) in [5.41, 5.74) is 2.10. The number of carbonyl (C=O) groups excluding carboxylic acids is 1. The summed E-state index contributed by atoms with van der Waals surface area (Å²) in [7, 11) is 1.82. The van der Waals surface area contributed by atoms with Crippen molar-refractivity contribution >= 4 is 27.5 Å². The number of nitrogens with zero attached hydrogens (tertiary/aromatic N) is 1. The first kappa shape index (κ1) is 13.8. The molecule has 0 saturated heterocycles. The Morgan fingerprint density at radius 2 is 1.84 bits per heavy atom. The molecule has 0 atom stereocenters. The molecule has 0 spiro atoms. The van der Waals surface area contributed by atoms with Crippen molar-refractivity contribution in [2.45, 2.75) is 12.8 Å². The van der Waals surface area contributed by atoms with E-state index in [1.807, 2.05) is 55.6 Å². The third-order valence-corrected chi connectivity index (χ3v) is 3.53. The Kier molecular flexibility index (Phi) is 4.74. The van der Waals surface area contributed by atoms with Crippen LogP contribution in [0.1, 0.15) is 12.0 Å². The van der Waals surface area contributed by atoms with Gasteiger partial charge in [0.15, 0.2) is 0 Å². The number of anilines is 1. The van der Waals surface area contributed by atoms with Crippen LogP contribution in [0, 0.1) is 0 Å². The minimum atomic E-state index is 0.131. The molecule has 0 N–H and O–H groups in total. The Bertz CT molecular complexity index is 554. The average molecular weight is 318 g/mol. The highest BCUT2D eigenvalue weighted by molar-refractivity contribution is 9.10. The van der Waals surface area contributed by atoms with Crippen molar-refractivity contribution in [2.24, 2.45) is 0 Å². The fourth-order valence-corrected chi connectivity index (χ4v) is 2.35. The van der Waals surface area contributed by atoms with E-state index in [2.05, 4.69) is 22.0 Å². The van der Waals surface area contributed by atoms with E-state index in [9.17, 15) is 4.79 Å². The van der Waals surface area contributed by atoms with Gasteiger partial charge in [0.25, 0.3) is 0 Å². The van der Waals surface area contributed by atoms with Gasteiger partial charge in [-0.05, 0) is 36.2 Å². The summed E-state index contributed by atoms with van der Waals surface area (Å²) < 4.78 is 1.05. The first-order chi connectivity index (χ1) is 9.16. The number of amides is 1. The van der Waals surface area contributed by atoms with Crippen LogP contribution in [0.3, 0.4) is 0 Å². The number of halogens is 1. The normalized spacial score (nSPS) is 10.2. The molecule has 0 aliphatic heterocycles. The van der Waals surface area contributed by atoms with Gasteiger partial charge >= 0.3 is 0 Å². The van der Waals surface area contributed by atoms with Crippen molar-refractivity contribution in [1.82, 2.24) is 0 Å². The molecule has 0 saturated carbocycles. The van der Waals surface area contributed by atoms with Gasteiger partial charge in [0.2, 0.25) is 5.91 Å². The van der Waals surface area contributed by atoms with Crippen LogP contribution in [0.5, 0.6) is 0 Å². The van der Waals surface area contributed by atoms with E-state index in [1.54, 1.807) is 4.90 Å². The van der Waals surface area contributed by atoms with Crippen molar-refractivity contribution in [3.63, 3.8) is 0 Å². The number of aryl methyl sites for hydroxylation is 1. The zero-order valence-corrected chi connectivity index (χ0v) is 12.4. The summed E-state index contributed by atoms with van der Waals surface area (Å²) in [6, 6.07) is 17.8. The zero-order valence-electron chi connectivity index (χ0n) is 10.8. The van der Waals surface area contributed by atoms with E-state index >= 15 is 0 Å². The predicted octanol–water partition coefficient (Wildman–Crippen LogP) is 4.04. The first-order valence-corrected chi connectivity index (χ1v) is 7.02. The summed E-state index contributed by atoms with van der Waals surface area (Å²) >= 11 is 3.44. The third kappa shape index (κ3) is 3.93. The van der Waals surface area contributed by atoms with Crippen LogP contribution in [-0.2, 0) is 11.2 Å². The van der Waals surface area contributed by atoms with Gasteiger partial charge in [-0.15, -0.1) is 0 Å². The fraction of sp³-hybridized carbons (Fsp3) is 0.188. The number of para-hydroxylation sites is 1. The molecule has 0 aromatic heterocycles. The first-order valence-electron chi connectivity index (χ1n) is 6.23. The van der Waals surface area contributed by atoms with Crippen LogP contribution in [0.25, 0.3) is 0 Å². The Labute approximate surface area is 122 Å². The van der Waals surface area contributed by atoms with E-state index in [0.29, 0.717) is 6.42 Å². The topological polar surface area (TPSA) is 20.3 Å². The molecule has 0 unspecified atom stereocenters. The molecule has 0 fully saturated rings. The SMILES string of the molecule is CN(C(=O)CCc1cccc(Br)c1)c1ccccc1. The van der Waals surface area contributed by atoms with Gasteiger partial charge in [-0.3, -0.25) is 4.79 Å². The highest BCUT2D eigenvalue weighted by Crippen LogP contribution is 2.15.